The molecule has 3 aliphatic carbocycles. The van der Waals surface area contributed by atoms with Crippen molar-refractivity contribution in [3.63, 3.8) is 0 Å². The van der Waals surface area contributed by atoms with Gasteiger partial charge in [0, 0.05) is 0 Å². The van der Waals surface area contributed by atoms with Crippen molar-refractivity contribution in [2.75, 3.05) is 0 Å². The molecule has 0 aliphatic heterocycles. The number of hydrogen-bond acceptors (Lipinski definition) is 2. The minimum absolute atomic E-state index is 0.213. The van der Waals surface area contributed by atoms with Crippen molar-refractivity contribution in [3.8, 4) is 5.75 Å². The zero-order valence-corrected chi connectivity index (χ0v) is 22.0. The highest BCUT2D eigenvalue weighted by atomic mass is 19.2. The number of halogens is 2. The van der Waals surface area contributed by atoms with Gasteiger partial charge in [-0.15, -0.1) is 6.58 Å². The summed E-state index contributed by atoms with van der Waals surface area (Å²) in [5.74, 6) is 1.33. The van der Waals surface area contributed by atoms with E-state index in [4.69, 9.17) is 4.74 Å². The molecule has 0 aromatic heterocycles. The highest BCUT2D eigenvalue weighted by Crippen LogP contribution is 2.49. The Morgan fingerprint density at radius 2 is 1.58 bits per heavy atom. The summed E-state index contributed by atoms with van der Waals surface area (Å²) in [4.78, 5) is 12.8. The zero-order chi connectivity index (χ0) is 25.5. The van der Waals surface area contributed by atoms with Crippen LogP contribution >= 0.6 is 0 Å². The maximum Gasteiger partial charge on any atom is 0.314 e. The van der Waals surface area contributed by atoms with E-state index in [2.05, 4.69) is 12.7 Å². The molecule has 36 heavy (non-hydrogen) atoms. The van der Waals surface area contributed by atoms with Gasteiger partial charge in [-0.3, -0.25) is 4.79 Å². The fourth-order valence-corrected chi connectivity index (χ4v) is 7.33. The van der Waals surface area contributed by atoms with E-state index in [1.165, 1.54) is 57.1 Å². The van der Waals surface area contributed by atoms with E-state index >= 15 is 0 Å². The number of allylic oxidation sites excluding steroid dienone is 3. The van der Waals surface area contributed by atoms with E-state index in [1.54, 1.807) is 0 Å². The molecule has 0 bridgehead atoms. The normalized spacial score (nSPS) is 30.6. The number of benzene rings is 1. The summed E-state index contributed by atoms with van der Waals surface area (Å²) in [5, 5.41) is 0. The van der Waals surface area contributed by atoms with Gasteiger partial charge in [-0.05, 0) is 132 Å². The maximum atomic E-state index is 14.6. The molecule has 4 heteroatoms. The van der Waals surface area contributed by atoms with Gasteiger partial charge in [-0.2, -0.15) is 4.39 Å². The van der Waals surface area contributed by atoms with Crippen LogP contribution in [0.5, 0.6) is 5.75 Å². The van der Waals surface area contributed by atoms with Crippen molar-refractivity contribution in [2.24, 2.45) is 35.5 Å². The van der Waals surface area contributed by atoms with E-state index < -0.39 is 17.6 Å². The van der Waals surface area contributed by atoms with E-state index in [1.807, 2.05) is 19.1 Å². The van der Waals surface area contributed by atoms with Crippen LogP contribution in [-0.4, -0.2) is 5.97 Å². The van der Waals surface area contributed by atoms with Gasteiger partial charge < -0.3 is 4.74 Å². The van der Waals surface area contributed by atoms with Crippen LogP contribution in [0.4, 0.5) is 8.78 Å². The molecule has 0 N–H and O–H groups in total. The standard InChI is InChI=1S/C32H44F2O2/c1-3-5-7-9-24-18-19-29(31(34)30(24)33)36-32(35)25-14-12-23(13-15-25)27-17-16-26-20-22(8-6-4-2)10-11-28(26)21-27/h3-5,18-19,22-23,25-28H,2,6-17,20-21H2,1H3/b5-3+. The van der Waals surface area contributed by atoms with E-state index in [-0.39, 0.29) is 11.7 Å². The number of fused-ring (bicyclic) bond motifs is 1. The van der Waals surface area contributed by atoms with Crippen molar-refractivity contribution in [3.05, 3.63) is 54.1 Å². The quantitative estimate of drug-likeness (QED) is 0.193. The van der Waals surface area contributed by atoms with Crippen LogP contribution in [0.25, 0.3) is 0 Å². The van der Waals surface area contributed by atoms with Gasteiger partial charge in [0.05, 0.1) is 5.92 Å². The topological polar surface area (TPSA) is 26.3 Å². The summed E-state index contributed by atoms with van der Waals surface area (Å²) in [6.45, 7) is 5.78. The van der Waals surface area contributed by atoms with Gasteiger partial charge in [0.25, 0.3) is 0 Å². The molecule has 198 valence electrons. The van der Waals surface area contributed by atoms with Crippen molar-refractivity contribution in [1.29, 1.82) is 0 Å². The summed E-state index contributed by atoms with van der Waals surface area (Å²) in [7, 11) is 0. The fourth-order valence-electron chi connectivity index (χ4n) is 7.33. The van der Waals surface area contributed by atoms with E-state index in [0.29, 0.717) is 24.3 Å². The van der Waals surface area contributed by atoms with E-state index in [0.717, 1.165) is 55.8 Å². The molecule has 4 unspecified atom stereocenters. The molecule has 0 amide bonds. The Hall–Kier alpha value is -1.97. The predicted molar refractivity (Wildman–Crippen MR) is 142 cm³/mol. The third-order valence-electron chi connectivity index (χ3n) is 9.47. The van der Waals surface area contributed by atoms with Crippen LogP contribution in [0, 0.1) is 47.1 Å². The molecule has 0 spiro atoms. The number of rotatable bonds is 9. The number of carbonyl (C=O) groups excluding carboxylic acids is 1. The lowest BCUT2D eigenvalue weighted by Crippen LogP contribution is -2.35. The van der Waals surface area contributed by atoms with Gasteiger partial charge in [-0.1, -0.05) is 30.7 Å². The first-order chi connectivity index (χ1) is 17.5. The summed E-state index contributed by atoms with van der Waals surface area (Å²) in [6.07, 6.45) is 21.3. The lowest BCUT2D eigenvalue weighted by molar-refractivity contribution is -0.140. The number of aryl methyl sites for hydroxylation is 1. The third kappa shape index (κ3) is 6.66. The monoisotopic (exact) mass is 498 g/mol. The Balaban J connectivity index is 1.24. The molecule has 2 nitrogen and oxygen atoms in total. The summed E-state index contributed by atoms with van der Waals surface area (Å²) in [6, 6.07) is 2.93. The molecule has 0 heterocycles. The minimum atomic E-state index is -1.05. The van der Waals surface area contributed by atoms with Gasteiger partial charge in [0.15, 0.2) is 11.6 Å². The van der Waals surface area contributed by atoms with Crippen LogP contribution in [0.1, 0.15) is 96.0 Å². The maximum absolute atomic E-state index is 14.6. The average molecular weight is 499 g/mol. The smallest absolute Gasteiger partial charge is 0.314 e. The van der Waals surface area contributed by atoms with Crippen LogP contribution < -0.4 is 4.74 Å². The molecule has 0 radical (unpaired) electrons. The second kappa shape index (κ2) is 13.0. The lowest BCUT2D eigenvalue weighted by atomic mass is 9.60. The summed E-state index contributed by atoms with van der Waals surface area (Å²) >= 11 is 0. The van der Waals surface area contributed by atoms with Crippen molar-refractivity contribution >= 4 is 5.97 Å². The first kappa shape index (κ1) is 27.1. The van der Waals surface area contributed by atoms with Gasteiger partial charge in [-0.25, -0.2) is 4.39 Å². The molecule has 3 fully saturated rings. The van der Waals surface area contributed by atoms with Crippen LogP contribution in [0.2, 0.25) is 0 Å². The molecule has 3 aliphatic rings. The Morgan fingerprint density at radius 3 is 2.31 bits per heavy atom. The van der Waals surface area contributed by atoms with Gasteiger partial charge in [0.1, 0.15) is 0 Å². The first-order valence-electron chi connectivity index (χ1n) is 14.4. The molecule has 0 saturated heterocycles. The van der Waals surface area contributed by atoms with Crippen molar-refractivity contribution < 1.29 is 18.3 Å². The van der Waals surface area contributed by atoms with Gasteiger partial charge in [0.2, 0.25) is 5.82 Å². The predicted octanol–water partition coefficient (Wildman–Crippen LogP) is 8.98. The Labute approximate surface area is 216 Å². The third-order valence-corrected chi connectivity index (χ3v) is 9.47. The number of carbonyl (C=O) groups is 1. The van der Waals surface area contributed by atoms with Crippen LogP contribution in [-0.2, 0) is 11.2 Å². The second-order valence-electron chi connectivity index (χ2n) is 11.6. The molecule has 3 saturated carbocycles. The molecule has 1 aromatic rings. The number of esters is 1. The first-order valence-corrected chi connectivity index (χ1v) is 14.4. The van der Waals surface area contributed by atoms with Crippen LogP contribution in [0.3, 0.4) is 0 Å². The number of ether oxygens (including phenoxy) is 1. The van der Waals surface area contributed by atoms with E-state index in [9.17, 15) is 13.6 Å². The summed E-state index contributed by atoms with van der Waals surface area (Å²) < 4.78 is 34.4. The summed E-state index contributed by atoms with van der Waals surface area (Å²) in [5.41, 5.74) is 0.311. The van der Waals surface area contributed by atoms with Gasteiger partial charge >= 0.3 is 5.97 Å². The molecule has 4 atom stereocenters. The zero-order valence-electron chi connectivity index (χ0n) is 22.0. The van der Waals surface area contributed by atoms with Crippen molar-refractivity contribution in [2.45, 2.75) is 96.8 Å². The highest BCUT2D eigenvalue weighted by Gasteiger charge is 2.39. The second-order valence-corrected chi connectivity index (χ2v) is 11.6. The SMILES string of the molecule is C=CCCC1CCC2CC(C3CCC(C(=O)Oc4ccc(CC/C=C/C)c(F)c4F)CC3)CCC2C1. The number of hydrogen-bond donors (Lipinski definition) is 0. The Bertz CT molecular complexity index is 915. The molecular weight excluding hydrogens is 454 g/mol. The largest absolute Gasteiger partial charge is 0.423 e. The Kier molecular flexibility index (Phi) is 9.79. The molecular formula is C32H44F2O2. The lowest BCUT2D eigenvalue weighted by Gasteiger charge is -2.45. The minimum Gasteiger partial charge on any atom is -0.423 e. The average Bonchev–Trinajstić information content (AvgIpc) is 2.91. The van der Waals surface area contributed by atoms with Crippen molar-refractivity contribution in [1.82, 2.24) is 0 Å². The Morgan fingerprint density at radius 1 is 0.917 bits per heavy atom. The molecule has 1 aromatic carbocycles. The van der Waals surface area contributed by atoms with Crippen LogP contribution in [0.15, 0.2) is 36.9 Å². The highest BCUT2D eigenvalue weighted by molar-refractivity contribution is 5.75. The fraction of sp³-hybridized carbons (Fsp3) is 0.656. The molecule has 4 rings (SSSR count).